The Bertz CT molecular complexity index is 728. The van der Waals surface area contributed by atoms with E-state index in [1.165, 1.54) is 18.2 Å². The maximum absolute atomic E-state index is 12.5. The van der Waals surface area contributed by atoms with Gasteiger partial charge in [0, 0.05) is 18.2 Å². The van der Waals surface area contributed by atoms with Gasteiger partial charge in [-0.15, -0.1) is 0 Å². The van der Waals surface area contributed by atoms with Crippen LogP contribution >= 0.6 is 0 Å². The van der Waals surface area contributed by atoms with E-state index < -0.39 is 22.0 Å². The molecule has 1 heterocycles. The van der Waals surface area contributed by atoms with Crippen LogP contribution in [0.3, 0.4) is 0 Å². The van der Waals surface area contributed by atoms with Gasteiger partial charge in [0.1, 0.15) is 4.90 Å². The van der Waals surface area contributed by atoms with Crippen LogP contribution in [0.5, 0.6) is 0 Å². The maximum atomic E-state index is 12.5. The van der Waals surface area contributed by atoms with Crippen molar-refractivity contribution in [3.8, 4) is 0 Å². The monoisotopic (exact) mass is 339 g/mol. The molecule has 8 heteroatoms. The molecule has 0 aromatic heterocycles. The van der Waals surface area contributed by atoms with Gasteiger partial charge in [0.25, 0.3) is 21.8 Å². The Morgan fingerprint density at radius 3 is 2.57 bits per heavy atom. The predicted octanol–water partition coefficient (Wildman–Crippen LogP) is 0.579. The van der Waals surface area contributed by atoms with E-state index in [2.05, 4.69) is 10.6 Å². The molecule has 0 bridgehead atoms. The van der Waals surface area contributed by atoms with Crippen molar-refractivity contribution in [2.75, 3.05) is 20.1 Å². The SMILES string of the molecule is CNCCCNC(=O)c1ccc2c(c1)S(=O)(=O)N(C(C)C)C2=O. The van der Waals surface area contributed by atoms with Crippen LogP contribution in [0, 0.1) is 0 Å². The largest absolute Gasteiger partial charge is 0.352 e. The molecule has 2 N–H and O–H groups in total. The molecule has 23 heavy (non-hydrogen) atoms. The Balaban J connectivity index is 2.26. The summed E-state index contributed by atoms with van der Waals surface area (Å²) < 4.78 is 25.8. The molecule has 1 aliphatic rings. The zero-order valence-electron chi connectivity index (χ0n) is 13.4. The number of amides is 2. The van der Waals surface area contributed by atoms with Crippen molar-refractivity contribution in [2.24, 2.45) is 0 Å². The lowest BCUT2D eigenvalue weighted by atomic mass is 10.1. The molecular formula is C15H21N3O4S. The Morgan fingerprint density at radius 2 is 1.96 bits per heavy atom. The molecule has 0 unspecified atom stereocenters. The zero-order chi connectivity index (χ0) is 17.2. The summed E-state index contributed by atoms with van der Waals surface area (Å²) in [7, 11) is -2.06. The van der Waals surface area contributed by atoms with Crippen molar-refractivity contribution in [1.29, 1.82) is 0 Å². The van der Waals surface area contributed by atoms with E-state index in [0.29, 0.717) is 6.54 Å². The number of fused-ring (bicyclic) bond motifs is 1. The summed E-state index contributed by atoms with van der Waals surface area (Å²) in [6.07, 6.45) is 0.769. The van der Waals surface area contributed by atoms with Gasteiger partial charge in [-0.25, -0.2) is 12.7 Å². The minimum Gasteiger partial charge on any atom is -0.352 e. The van der Waals surface area contributed by atoms with Crippen molar-refractivity contribution in [1.82, 2.24) is 14.9 Å². The van der Waals surface area contributed by atoms with E-state index >= 15 is 0 Å². The highest BCUT2D eigenvalue weighted by Gasteiger charge is 2.42. The molecule has 1 aliphatic heterocycles. The third-order valence-corrected chi connectivity index (χ3v) is 5.57. The van der Waals surface area contributed by atoms with Crippen molar-refractivity contribution in [3.05, 3.63) is 29.3 Å². The molecule has 0 radical (unpaired) electrons. The number of benzene rings is 1. The molecule has 1 aromatic carbocycles. The molecule has 2 amide bonds. The van der Waals surface area contributed by atoms with Gasteiger partial charge in [-0.2, -0.15) is 0 Å². The first-order chi connectivity index (χ1) is 10.8. The van der Waals surface area contributed by atoms with Gasteiger partial charge in [0.2, 0.25) is 0 Å². The summed E-state index contributed by atoms with van der Waals surface area (Å²) in [6, 6.07) is 3.68. The van der Waals surface area contributed by atoms with Crippen LogP contribution in [0.1, 0.15) is 41.0 Å². The third kappa shape index (κ3) is 3.23. The lowest BCUT2D eigenvalue weighted by Crippen LogP contribution is -2.36. The first-order valence-corrected chi connectivity index (χ1v) is 8.90. The molecule has 126 valence electrons. The zero-order valence-corrected chi connectivity index (χ0v) is 14.2. The van der Waals surface area contributed by atoms with E-state index in [9.17, 15) is 18.0 Å². The molecule has 0 fully saturated rings. The molecule has 1 aromatic rings. The van der Waals surface area contributed by atoms with Crippen molar-refractivity contribution in [2.45, 2.75) is 31.2 Å². The lowest BCUT2D eigenvalue weighted by molar-refractivity contribution is 0.0845. The van der Waals surface area contributed by atoms with Gasteiger partial charge >= 0.3 is 0 Å². The Hall–Kier alpha value is -1.93. The average Bonchev–Trinajstić information content (AvgIpc) is 2.69. The quantitative estimate of drug-likeness (QED) is 0.739. The van der Waals surface area contributed by atoms with Crippen molar-refractivity contribution in [3.63, 3.8) is 0 Å². The van der Waals surface area contributed by atoms with Crippen LogP contribution < -0.4 is 10.6 Å². The van der Waals surface area contributed by atoms with Gasteiger partial charge < -0.3 is 10.6 Å². The Morgan fingerprint density at radius 1 is 1.26 bits per heavy atom. The number of hydrogen-bond acceptors (Lipinski definition) is 5. The number of nitrogens with zero attached hydrogens (tertiary/aromatic N) is 1. The maximum Gasteiger partial charge on any atom is 0.269 e. The van der Waals surface area contributed by atoms with E-state index in [1.807, 2.05) is 7.05 Å². The lowest BCUT2D eigenvalue weighted by Gasteiger charge is -2.18. The predicted molar refractivity (Wildman–Crippen MR) is 85.8 cm³/mol. The number of carbonyl (C=O) groups is 2. The van der Waals surface area contributed by atoms with Crippen LogP contribution in [-0.2, 0) is 10.0 Å². The fourth-order valence-corrected chi connectivity index (χ4v) is 4.26. The van der Waals surface area contributed by atoms with Crippen molar-refractivity contribution < 1.29 is 18.0 Å². The smallest absolute Gasteiger partial charge is 0.269 e. The standard InChI is InChI=1S/C15H21N3O4S/c1-10(2)18-15(20)12-6-5-11(9-13(12)23(18,21)22)14(19)17-8-4-7-16-3/h5-6,9-10,16H,4,7-8H2,1-3H3,(H,17,19). The van der Waals surface area contributed by atoms with Gasteiger partial charge in [0.05, 0.1) is 5.56 Å². The molecule has 0 saturated heterocycles. The molecular weight excluding hydrogens is 318 g/mol. The van der Waals surface area contributed by atoms with Crippen molar-refractivity contribution >= 4 is 21.8 Å². The summed E-state index contributed by atoms with van der Waals surface area (Å²) in [4.78, 5) is 24.2. The minimum atomic E-state index is -3.89. The Kier molecular flexibility index (Phi) is 5.06. The summed E-state index contributed by atoms with van der Waals surface area (Å²) in [6.45, 7) is 4.53. The molecule has 0 spiro atoms. The fourth-order valence-electron chi connectivity index (χ4n) is 2.47. The van der Waals surface area contributed by atoms with Crippen LogP contribution in [0.4, 0.5) is 0 Å². The van der Waals surface area contributed by atoms with Gasteiger partial charge in [0.15, 0.2) is 0 Å². The number of sulfonamides is 1. The fraction of sp³-hybridized carbons (Fsp3) is 0.467. The van der Waals surface area contributed by atoms with E-state index in [-0.39, 0.29) is 21.9 Å². The first-order valence-electron chi connectivity index (χ1n) is 7.46. The second kappa shape index (κ2) is 6.67. The average molecular weight is 339 g/mol. The molecule has 0 saturated carbocycles. The highest BCUT2D eigenvalue weighted by Crippen LogP contribution is 2.32. The normalized spacial score (nSPS) is 15.8. The highest BCUT2D eigenvalue weighted by molar-refractivity contribution is 7.90. The summed E-state index contributed by atoms with van der Waals surface area (Å²) in [5, 5.41) is 5.70. The summed E-state index contributed by atoms with van der Waals surface area (Å²) in [5.74, 6) is -0.898. The number of rotatable bonds is 6. The second-order valence-corrected chi connectivity index (χ2v) is 7.41. The van der Waals surface area contributed by atoms with Crippen LogP contribution in [-0.4, -0.2) is 50.7 Å². The third-order valence-electron chi connectivity index (χ3n) is 3.57. The van der Waals surface area contributed by atoms with Crippen LogP contribution in [0.15, 0.2) is 23.1 Å². The number of nitrogens with one attached hydrogen (secondary N) is 2. The minimum absolute atomic E-state index is 0.0981. The summed E-state index contributed by atoms with van der Waals surface area (Å²) >= 11 is 0. The molecule has 2 rings (SSSR count). The first kappa shape index (κ1) is 17.4. The van der Waals surface area contributed by atoms with E-state index in [1.54, 1.807) is 13.8 Å². The van der Waals surface area contributed by atoms with Crippen LogP contribution in [0.2, 0.25) is 0 Å². The topological polar surface area (TPSA) is 95.6 Å². The number of carbonyl (C=O) groups excluding carboxylic acids is 2. The van der Waals surface area contributed by atoms with Gasteiger partial charge in [-0.05, 0) is 52.1 Å². The van der Waals surface area contributed by atoms with E-state index in [0.717, 1.165) is 17.3 Å². The summed E-state index contributed by atoms with van der Waals surface area (Å²) in [5.41, 5.74) is 0.348. The molecule has 7 nitrogen and oxygen atoms in total. The Labute approximate surface area is 136 Å². The van der Waals surface area contributed by atoms with E-state index in [4.69, 9.17) is 0 Å². The molecule has 0 atom stereocenters. The second-order valence-electron chi connectivity index (χ2n) is 5.62. The van der Waals surface area contributed by atoms with Crippen LogP contribution in [0.25, 0.3) is 0 Å². The molecule has 0 aliphatic carbocycles. The van der Waals surface area contributed by atoms with Gasteiger partial charge in [-0.3, -0.25) is 9.59 Å². The van der Waals surface area contributed by atoms with Gasteiger partial charge in [-0.1, -0.05) is 0 Å². The highest BCUT2D eigenvalue weighted by atomic mass is 32.2. The number of hydrogen-bond donors (Lipinski definition) is 2.